The number of rotatable bonds is 6. The van der Waals surface area contributed by atoms with Crippen LogP contribution >= 0.6 is 0 Å². The maximum atomic E-state index is 13.6. The van der Waals surface area contributed by atoms with Gasteiger partial charge in [-0.2, -0.15) is 0 Å². The number of benzene rings is 1. The van der Waals surface area contributed by atoms with E-state index >= 15 is 0 Å². The molecule has 0 radical (unpaired) electrons. The van der Waals surface area contributed by atoms with Crippen LogP contribution in [0.4, 0.5) is 14.6 Å². The van der Waals surface area contributed by atoms with Crippen molar-refractivity contribution in [2.75, 3.05) is 5.73 Å². The Morgan fingerprint density at radius 2 is 1.85 bits per heavy atom. The number of carbonyl (C=O) groups excluding carboxylic acids is 1. The molecule has 9 heteroatoms. The van der Waals surface area contributed by atoms with Gasteiger partial charge >= 0.3 is 0 Å². The SMILES string of the molecule is Cc1cc2cc(C(=O)N(Cc3ccc(C(F)F)cn3)[C@H](C)c3ncccn3)ccc2nc1N. The maximum Gasteiger partial charge on any atom is 0.265 e. The van der Waals surface area contributed by atoms with Crippen molar-refractivity contribution in [2.45, 2.75) is 32.9 Å². The molecule has 33 heavy (non-hydrogen) atoms. The molecule has 7 nitrogen and oxygen atoms in total. The van der Waals surface area contributed by atoms with Gasteiger partial charge in [0.2, 0.25) is 0 Å². The van der Waals surface area contributed by atoms with Crippen LogP contribution in [-0.2, 0) is 6.54 Å². The van der Waals surface area contributed by atoms with Crippen LogP contribution in [0.3, 0.4) is 0 Å². The normalized spacial score (nSPS) is 12.2. The van der Waals surface area contributed by atoms with Crippen molar-refractivity contribution in [3.63, 3.8) is 0 Å². The molecule has 1 atom stereocenters. The molecule has 2 N–H and O–H groups in total. The summed E-state index contributed by atoms with van der Waals surface area (Å²) in [6, 6.07) is 11.1. The van der Waals surface area contributed by atoms with Crippen molar-refractivity contribution in [1.29, 1.82) is 0 Å². The topological polar surface area (TPSA) is 97.9 Å². The number of alkyl halides is 2. The molecule has 0 fully saturated rings. The molecule has 3 aromatic heterocycles. The molecule has 0 spiro atoms. The minimum atomic E-state index is -2.61. The minimum absolute atomic E-state index is 0.0961. The summed E-state index contributed by atoms with van der Waals surface area (Å²) in [4.78, 5) is 32.2. The second-order valence-corrected chi connectivity index (χ2v) is 7.70. The zero-order chi connectivity index (χ0) is 23.5. The molecule has 1 amide bonds. The smallest absolute Gasteiger partial charge is 0.265 e. The van der Waals surface area contributed by atoms with Gasteiger partial charge in [-0.15, -0.1) is 0 Å². The van der Waals surface area contributed by atoms with Crippen molar-refractivity contribution < 1.29 is 13.6 Å². The van der Waals surface area contributed by atoms with Gasteiger partial charge in [-0.3, -0.25) is 9.78 Å². The van der Waals surface area contributed by atoms with Gasteiger partial charge < -0.3 is 10.6 Å². The van der Waals surface area contributed by atoms with Crippen molar-refractivity contribution in [3.8, 4) is 0 Å². The van der Waals surface area contributed by atoms with E-state index in [2.05, 4.69) is 19.9 Å². The van der Waals surface area contributed by atoms with Crippen LogP contribution in [0.15, 0.2) is 61.1 Å². The molecule has 4 aromatic rings. The van der Waals surface area contributed by atoms with E-state index in [4.69, 9.17) is 5.73 Å². The number of nitrogens with two attached hydrogens (primary N) is 1. The summed E-state index contributed by atoms with van der Waals surface area (Å²) < 4.78 is 25.8. The number of carbonyl (C=O) groups is 1. The molecule has 1 aromatic carbocycles. The van der Waals surface area contributed by atoms with Crippen LogP contribution in [0.5, 0.6) is 0 Å². The first-order valence-electron chi connectivity index (χ1n) is 10.3. The van der Waals surface area contributed by atoms with Crippen LogP contribution in [0.2, 0.25) is 0 Å². The van der Waals surface area contributed by atoms with Crippen molar-refractivity contribution in [2.24, 2.45) is 0 Å². The average molecular weight is 448 g/mol. The first-order chi connectivity index (χ1) is 15.8. The molecule has 0 aliphatic carbocycles. The quantitative estimate of drug-likeness (QED) is 0.461. The Balaban J connectivity index is 1.70. The second-order valence-electron chi connectivity index (χ2n) is 7.70. The predicted octanol–water partition coefficient (Wildman–Crippen LogP) is 4.65. The summed E-state index contributed by atoms with van der Waals surface area (Å²) in [5, 5.41) is 0.788. The first-order valence-corrected chi connectivity index (χ1v) is 10.3. The number of pyridine rings is 2. The number of aromatic nitrogens is 4. The van der Waals surface area contributed by atoms with Gasteiger partial charge in [-0.1, -0.05) is 0 Å². The lowest BCUT2D eigenvalue weighted by atomic mass is 10.1. The highest BCUT2D eigenvalue weighted by Gasteiger charge is 2.26. The fourth-order valence-electron chi connectivity index (χ4n) is 3.48. The molecular weight excluding hydrogens is 426 g/mol. The van der Waals surface area contributed by atoms with E-state index in [0.717, 1.165) is 17.1 Å². The average Bonchev–Trinajstić information content (AvgIpc) is 2.83. The zero-order valence-electron chi connectivity index (χ0n) is 18.1. The van der Waals surface area contributed by atoms with Gasteiger partial charge in [0.25, 0.3) is 12.3 Å². The van der Waals surface area contributed by atoms with Gasteiger partial charge in [-0.25, -0.2) is 23.7 Å². The summed E-state index contributed by atoms with van der Waals surface area (Å²) in [7, 11) is 0. The van der Waals surface area contributed by atoms with Crippen molar-refractivity contribution >= 4 is 22.6 Å². The fourth-order valence-corrected chi connectivity index (χ4v) is 3.48. The third-order valence-electron chi connectivity index (χ3n) is 5.41. The number of hydrogen-bond donors (Lipinski definition) is 1. The summed E-state index contributed by atoms with van der Waals surface area (Å²) in [5.74, 6) is 0.628. The highest BCUT2D eigenvalue weighted by Crippen LogP contribution is 2.25. The Bertz CT molecular complexity index is 1280. The van der Waals surface area contributed by atoms with E-state index in [1.165, 1.54) is 12.1 Å². The summed E-state index contributed by atoms with van der Waals surface area (Å²) in [5.41, 5.74) is 8.15. The van der Waals surface area contributed by atoms with Gasteiger partial charge in [0.15, 0.2) is 0 Å². The Hall–Kier alpha value is -4.01. The van der Waals surface area contributed by atoms with Crippen LogP contribution in [0.1, 0.15) is 52.4 Å². The Morgan fingerprint density at radius 3 is 2.52 bits per heavy atom. The van der Waals surface area contributed by atoms with E-state index in [9.17, 15) is 13.6 Å². The van der Waals surface area contributed by atoms with Crippen molar-refractivity contribution in [3.05, 3.63) is 89.3 Å². The highest BCUT2D eigenvalue weighted by atomic mass is 19.3. The lowest BCUT2D eigenvalue weighted by Crippen LogP contribution is -2.34. The molecule has 4 rings (SSSR count). The van der Waals surface area contributed by atoms with E-state index in [1.54, 1.807) is 41.6 Å². The summed E-state index contributed by atoms with van der Waals surface area (Å²) >= 11 is 0. The van der Waals surface area contributed by atoms with Gasteiger partial charge in [0.05, 0.1) is 23.8 Å². The Morgan fingerprint density at radius 1 is 1.09 bits per heavy atom. The number of fused-ring (bicyclic) bond motifs is 1. The highest BCUT2D eigenvalue weighted by molar-refractivity contribution is 5.98. The third kappa shape index (κ3) is 4.77. The minimum Gasteiger partial charge on any atom is -0.383 e. The molecular formula is C24H22F2N6O. The number of nitrogens with zero attached hydrogens (tertiary/aromatic N) is 5. The molecule has 0 bridgehead atoms. The maximum absolute atomic E-state index is 13.6. The standard InChI is InChI=1S/C24H22F2N6O/c1-14-10-18-11-16(5-7-20(18)31-22(14)27)24(33)32(15(2)23-28-8-3-9-29-23)13-19-6-4-17(12-30-19)21(25)26/h3-12,15,21H,13H2,1-2H3,(H2,27,31)/t15-/m1/s1. The van der Waals surface area contributed by atoms with Gasteiger partial charge in [0, 0.05) is 35.1 Å². The van der Waals surface area contributed by atoms with Crippen LogP contribution in [-0.4, -0.2) is 30.7 Å². The van der Waals surface area contributed by atoms with Crippen molar-refractivity contribution in [1.82, 2.24) is 24.8 Å². The molecule has 0 saturated carbocycles. The number of amides is 1. The van der Waals surface area contributed by atoms with Gasteiger partial charge in [0.1, 0.15) is 11.6 Å². The predicted molar refractivity (Wildman–Crippen MR) is 120 cm³/mol. The molecule has 168 valence electrons. The third-order valence-corrected chi connectivity index (χ3v) is 5.41. The number of halogens is 2. The number of nitrogen functional groups attached to an aromatic ring is 1. The van der Waals surface area contributed by atoms with E-state index in [0.29, 0.717) is 28.4 Å². The molecule has 0 aliphatic heterocycles. The van der Waals surface area contributed by atoms with Crippen LogP contribution in [0, 0.1) is 6.92 Å². The monoisotopic (exact) mass is 448 g/mol. The second kappa shape index (κ2) is 9.23. The van der Waals surface area contributed by atoms with E-state index in [1.807, 2.05) is 19.9 Å². The van der Waals surface area contributed by atoms with E-state index < -0.39 is 12.5 Å². The number of hydrogen-bond acceptors (Lipinski definition) is 6. The number of anilines is 1. The van der Waals surface area contributed by atoms with E-state index in [-0.39, 0.29) is 18.0 Å². The lowest BCUT2D eigenvalue weighted by Gasteiger charge is -2.28. The first kappa shape index (κ1) is 22.2. The fraction of sp³-hybridized carbons (Fsp3) is 0.208. The Labute approximate surface area is 189 Å². The Kier molecular flexibility index (Phi) is 6.21. The molecule has 3 heterocycles. The number of aryl methyl sites for hydroxylation is 1. The molecule has 0 aliphatic rings. The lowest BCUT2D eigenvalue weighted by molar-refractivity contribution is 0.0663. The van der Waals surface area contributed by atoms with Crippen LogP contribution in [0.25, 0.3) is 10.9 Å². The van der Waals surface area contributed by atoms with Crippen LogP contribution < -0.4 is 5.73 Å². The summed E-state index contributed by atoms with van der Waals surface area (Å²) in [6.45, 7) is 3.76. The molecule has 0 unspecified atom stereocenters. The zero-order valence-corrected chi connectivity index (χ0v) is 18.1. The van der Waals surface area contributed by atoms with Gasteiger partial charge in [-0.05, 0) is 61.9 Å². The largest absolute Gasteiger partial charge is 0.383 e. The summed E-state index contributed by atoms with van der Waals surface area (Å²) in [6.07, 6.45) is 1.73. The molecule has 0 saturated heterocycles.